The Hall–Kier alpha value is -3.08. The Morgan fingerprint density at radius 3 is 2.00 bits per heavy atom. The minimum Gasteiger partial charge on any atom is -0.382 e. The molecule has 45 heavy (non-hydrogen) atoms. The van der Waals surface area contributed by atoms with Crippen molar-refractivity contribution in [2.75, 3.05) is 58.1 Å². The molecule has 0 spiro atoms. The van der Waals surface area contributed by atoms with Crippen LogP contribution in [0.1, 0.15) is 75.2 Å². The second-order valence-electron chi connectivity index (χ2n) is 12.2. The van der Waals surface area contributed by atoms with Crippen LogP contribution in [0.3, 0.4) is 0 Å². The van der Waals surface area contributed by atoms with E-state index in [0.717, 1.165) is 151 Å². The number of imidazole rings is 1. The van der Waals surface area contributed by atoms with Gasteiger partial charge >= 0.3 is 0 Å². The standard InChI is InChI=1S/C36H57N9/c1-2-3-14-33-43-34-35(31-12-4-5-13-32(31)42-36(34)39)45(33)28-30-17-15-29(16-18-30)27-44(25-10-23-40-21-8-6-19-37)26-11-24-41-22-9-7-20-38/h4-5,12-13,15-18,40-41H,2-3,6-11,14,19-28,37-38H2,1H3,(H2,39,42). The van der Waals surface area contributed by atoms with Gasteiger partial charge in [-0.1, -0.05) is 55.8 Å². The predicted octanol–water partition coefficient (Wildman–Crippen LogP) is 4.80. The van der Waals surface area contributed by atoms with Gasteiger partial charge in [-0.2, -0.15) is 0 Å². The van der Waals surface area contributed by atoms with Crippen LogP contribution >= 0.6 is 0 Å². The number of unbranched alkanes of at least 4 members (excludes halogenated alkanes) is 3. The molecule has 2 heterocycles. The van der Waals surface area contributed by atoms with Gasteiger partial charge in [0.25, 0.3) is 0 Å². The number of benzene rings is 2. The molecule has 0 bridgehead atoms. The number of hydrogen-bond donors (Lipinski definition) is 5. The quantitative estimate of drug-likeness (QED) is 0.0751. The molecule has 0 amide bonds. The molecule has 4 rings (SSSR count). The zero-order chi connectivity index (χ0) is 31.7. The lowest BCUT2D eigenvalue weighted by atomic mass is 10.1. The summed E-state index contributed by atoms with van der Waals surface area (Å²) in [5, 5.41) is 8.27. The number of rotatable bonds is 23. The molecule has 0 aliphatic carbocycles. The van der Waals surface area contributed by atoms with Crippen LogP contribution in [0, 0.1) is 0 Å². The number of nitrogen functional groups attached to an aromatic ring is 1. The number of nitrogens with one attached hydrogen (secondary N) is 2. The molecule has 9 heteroatoms. The number of hydrogen-bond acceptors (Lipinski definition) is 8. The lowest BCUT2D eigenvalue weighted by Crippen LogP contribution is -2.30. The lowest BCUT2D eigenvalue weighted by molar-refractivity contribution is 0.256. The van der Waals surface area contributed by atoms with Gasteiger partial charge in [0, 0.05) is 24.9 Å². The minimum atomic E-state index is 0.507. The summed E-state index contributed by atoms with van der Waals surface area (Å²) in [5.74, 6) is 1.59. The van der Waals surface area contributed by atoms with Gasteiger partial charge in [0.1, 0.15) is 11.3 Å². The van der Waals surface area contributed by atoms with E-state index in [1.54, 1.807) is 0 Å². The first-order valence-corrected chi connectivity index (χ1v) is 17.3. The van der Waals surface area contributed by atoms with Crippen LogP contribution in [0.5, 0.6) is 0 Å². The minimum absolute atomic E-state index is 0.507. The molecule has 0 unspecified atom stereocenters. The van der Waals surface area contributed by atoms with E-state index in [2.05, 4.69) is 68.4 Å². The molecule has 0 aliphatic rings. The maximum absolute atomic E-state index is 6.43. The van der Waals surface area contributed by atoms with Gasteiger partial charge in [-0.05, 0) is 114 Å². The highest BCUT2D eigenvalue weighted by molar-refractivity contribution is 6.06. The summed E-state index contributed by atoms with van der Waals surface area (Å²) in [6.45, 7) is 11.9. The van der Waals surface area contributed by atoms with E-state index < -0.39 is 0 Å². The summed E-state index contributed by atoms with van der Waals surface area (Å²) in [6, 6.07) is 17.4. The first-order chi connectivity index (χ1) is 22.1. The molecule has 9 nitrogen and oxygen atoms in total. The average Bonchev–Trinajstić information content (AvgIpc) is 3.42. The van der Waals surface area contributed by atoms with Gasteiger partial charge in [-0.15, -0.1) is 0 Å². The Morgan fingerprint density at radius 1 is 0.733 bits per heavy atom. The highest BCUT2D eigenvalue weighted by Gasteiger charge is 2.17. The number of aryl methyl sites for hydroxylation is 1. The molecular weight excluding hydrogens is 558 g/mol. The van der Waals surface area contributed by atoms with E-state index >= 15 is 0 Å². The van der Waals surface area contributed by atoms with Crippen LogP contribution in [-0.2, 0) is 19.5 Å². The van der Waals surface area contributed by atoms with E-state index in [9.17, 15) is 0 Å². The monoisotopic (exact) mass is 615 g/mol. The third-order valence-corrected chi connectivity index (χ3v) is 8.48. The largest absolute Gasteiger partial charge is 0.382 e. The Bertz CT molecular complexity index is 1380. The molecule has 2 aromatic carbocycles. The molecule has 0 atom stereocenters. The number of nitrogens with two attached hydrogens (primary N) is 3. The van der Waals surface area contributed by atoms with Crippen molar-refractivity contribution < 1.29 is 0 Å². The van der Waals surface area contributed by atoms with Crippen molar-refractivity contribution in [1.29, 1.82) is 0 Å². The highest BCUT2D eigenvalue weighted by atomic mass is 15.1. The Labute approximate surface area is 270 Å². The molecule has 0 radical (unpaired) electrons. The number of anilines is 1. The summed E-state index contributed by atoms with van der Waals surface area (Å²) in [4.78, 5) is 12.3. The van der Waals surface area contributed by atoms with Crippen molar-refractivity contribution >= 4 is 27.8 Å². The van der Waals surface area contributed by atoms with Gasteiger partial charge in [-0.3, -0.25) is 4.90 Å². The molecule has 4 aromatic rings. The number of aromatic nitrogens is 3. The number of nitrogens with zero attached hydrogens (tertiary/aromatic N) is 4. The topological polar surface area (TPSA) is 136 Å². The van der Waals surface area contributed by atoms with Crippen LogP contribution < -0.4 is 27.8 Å². The van der Waals surface area contributed by atoms with Crippen molar-refractivity contribution in [1.82, 2.24) is 30.1 Å². The van der Waals surface area contributed by atoms with E-state index in [4.69, 9.17) is 22.2 Å². The predicted molar refractivity (Wildman–Crippen MR) is 190 cm³/mol. The van der Waals surface area contributed by atoms with Crippen LogP contribution in [0.25, 0.3) is 21.9 Å². The van der Waals surface area contributed by atoms with Gasteiger partial charge in [0.05, 0.1) is 11.0 Å². The first-order valence-electron chi connectivity index (χ1n) is 17.3. The molecule has 8 N–H and O–H groups in total. The maximum atomic E-state index is 6.43. The summed E-state index contributed by atoms with van der Waals surface area (Å²) in [5.41, 5.74) is 23.1. The summed E-state index contributed by atoms with van der Waals surface area (Å²) >= 11 is 0. The fourth-order valence-electron chi connectivity index (χ4n) is 5.96. The zero-order valence-electron chi connectivity index (χ0n) is 27.6. The zero-order valence-corrected chi connectivity index (χ0v) is 27.6. The summed E-state index contributed by atoms with van der Waals surface area (Å²) < 4.78 is 2.37. The van der Waals surface area contributed by atoms with Crippen LogP contribution in [-0.4, -0.2) is 71.8 Å². The summed E-state index contributed by atoms with van der Waals surface area (Å²) in [7, 11) is 0. The average molecular weight is 616 g/mol. The molecule has 0 saturated heterocycles. The molecule has 0 aliphatic heterocycles. The molecule has 2 aromatic heterocycles. The van der Waals surface area contributed by atoms with E-state index in [0.29, 0.717) is 5.82 Å². The van der Waals surface area contributed by atoms with Crippen molar-refractivity contribution in [3.63, 3.8) is 0 Å². The Morgan fingerprint density at radius 2 is 1.36 bits per heavy atom. The fraction of sp³-hybridized carbons (Fsp3) is 0.556. The number of para-hydroxylation sites is 1. The fourth-order valence-corrected chi connectivity index (χ4v) is 5.96. The molecule has 0 fully saturated rings. The summed E-state index contributed by atoms with van der Waals surface area (Å²) in [6.07, 6.45) is 9.91. The van der Waals surface area contributed by atoms with Gasteiger partial charge in [0.2, 0.25) is 0 Å². The van der Waals surface area contributed by atoms with Gasteiger partial charge in [0.15, 0.2) is 5.82 Å². The van der Waals surface area contributed by atoms with E-state index in [1.807, 2.05) is 12.1 Å². The maximum Gasteiger partial charge on any atom is 0.152 e. The lowest BCUT2D eigenvalue weighted by Gasteiger charge is -2.23. The van der Waals surface area contributed by atoms with Gasteiger partial charge in [-0.25, -0.2) is 9.97 Å². The highest BCUT2D eigenvalue weighted by Crippen LogP contribution is 2.30. The van der Waals surface area contributed by atoms with E-state index in [-0.39, 0.29) is 0 Å². The van der Waals surface area contributed by atoms with E-state index in [1.165, 1.54) is 11.1 Å². The normalized spacial score (nSPS) is 11.8. The SMILES string of the molecule is CCCCc1nc2c(N)nc3ccccc3c2n1Cc1ccc(CN(CCCNCCCCN)CCCNCCCCN)cc1. The van der Waals surface area contributed by atoms with Crippen LogP contribution in [0.2, 0.25) is 0 Å². The van der Waals surface area contributed by atoms with Gasteiger partial charge < -0.3 is 32.4 Å². The second-order valence-corrected chi connectivity index (χ2v) is 12.2. The smallest absolute Gasteiger partial charge is 0.152 e. The third-order valence-electron chi connectivity index (χ3n) is 8.48. The molecular formula is C36H57N9. The van der Waals surface area contributed by atoms with Crippen LogP contribution in [0.4, 0.5) is 5.82 Å². The molecule has 0 saturated carbocycles. The Kier molecular flexibility index (Phi) is 15.0. The molecule has 246 valence electrons. The number of pyridine rings is 1. The second kappa shape index (κ2) is 19.4. The number of fused-ring (bicyclic) bond motifs is 3. The van der Waals surface area contributed by atoms with Crippen LogP contribution in [0.15, 0.2) is 48.5 Å². The van der Waals surface area contributed by atoms with Crippen molar-refractivity contribution in [2.45, 2.75) is 77.8 Å². The first kappa shape index (κ1) is 34.8. The third kappa shape index (κ3) is 10.8. The van der Waals surface area contributed by atoms with Crippen molar-refractivity contribution in [2.24, 2.45) is 11.5 Å². The van der Waals surface area contributed by atoms with Crippen molar-refractivity contribution in [3.8, 4) is 0 Å². The van der Waals surface area contributed by atoms with Crippen molar-refractivity contribution in [3.05, 3.63) is 65.5 Å². The Balaban J connectivity index is 1.43.